The van der Waals surface area contributed by atoms with Gasteiger partial charge < -0.3 is 14.5 Å². The highest BCUT2D eigenvalue weighted by atomic mass is 16.5. The fourth-order valence-electron chi connectivity index (χ4n) is 3.70. The van der Waals surface area contributed by atoms with Gasteiger partial charge in [-0.1, -0.05) is 23.3 Å². The van der Waals surface area contributed by atoms with Crippen molar-refractivity contribution in [3.63, 3.8) is 0 Å². The summed E-state index contributed by atoms with van der Waals surface area (Å²) in [6.45, 7) is 4.89. The van der Waals surface area contributed by atoms with Gasteiger partial charge in [0.05, 0.1) is 12.3 Å². The maximum Gasteiger partial charge on any atom is 0.250 e. The zero-order valence-electron chi connectivity index (χ0n) is 18.1. The standard InChI is InChI=1S/C23H26N6O3/c1-2-32-20-10-8-18(9-11-20)21(30)12-13-22(31)27-14-16-28(17-15-27)23-24-25-26-29(23)19-6-4-3-5-7-19/h3-11H,2,12-17H2,1H3. The highest BCUT2D eigenvalue weighted by molar-refractivity contribution is 5.98. The lowest BCUT2D eigenvalue weighted by molar-refractivity contribution is -0.131. The Labute approximate surface area is 186 Å². The number of para-hydroxylation sites is 1. The van der Waals surface area contributed by atoms with Crippen molar-refractivity contribution in [3.05, 3.63) is 60.2 Å². The molecule has 0 saturated carbocycles. The van der Waals surface area contributed by atoms with E-state index in [1.54, 1.807) is 33.8 Å². The molecule has 32 heavy (non-hydrogen) atoms. The number of piperazine rings is 1. The van der Waals surface area contributed by atoms with Crippen molar-refractivity contribution in [1.29, 1.82) is 0 Å². The molecule has 1 amide bonds. The quantitative estimate of drug-likeness (QED) is 0.503. The molecule has 2 heterocycles. The Morgan fingerprint density at radius 3 is 2.34 bits per heavy atom. The second kappa shape index (κ2) is 10.0. The SMILES string of the molecule is CCOc1ccc(C(=O)CCC(=O)N2CCN(c3nnnn3-c3ccccc3)CC2)cc1. The van der Waals surface area contributed by atoms with Crippen molar-refractivity contribution >= 4 is 17.6 Å². The fraction of sp³-hybridized carbons (Fsp3) is 0.348. The molecule has 1 fully saturated rings. The van der Waals surface area contributed by atoms with Crippen molar-refractivity contribution in [2.75, 3.05) is 37.7 Å². The Hall–Kier alpha value is -3.75. The number of ketones is 1. The number of anilines is 1. The Kier molecular flexibility index (Phi) is 6.74. The number of Topliss-reactive ketones (excluding diaryl/α,β-unsaturated/α-hetero) is 1. The third-order valence-corrected chi connectivity index (χ3v) is 5.42. The molecule has 0 unspecified atom stereocenters. The number of rotatable bonds is 8. The van der Waals surface area contributed by atoms with Crippen molar-refractivity contribution in [2.24, 2.45) is 0 Å². The van der Waals surface area contributed by atoms with Crippen LogP contribution in [0, 0.1) is 0 Å². The number of hydrogen-bond donors (Lipinski definition) is 0. The van der Waals surface area contributed by atoms with E-state index in [2.05, 4.69) is 20.4 Å². The molecule has 0 atom stereocenters. The van der Waals surface area contributed by atoms with E-state index in [9.17, 15) is 9.59 Å². The minimum Gasteiger partial charge on any atom is -0.494 e. The Morgan fingerprint density at radius 1 is 0.938 bits per heavy atom. The van der Waals surface area contributed by atoms with E-state index >= 15 is 0 Å². The average Bonchev–Trinajstić information content (AvgIpc) is 3.34. The normalized spacial score (nSPS) is 13.8. The van der Waals surface area contributed by atoms with Crippen molar-refractivity contribution < 1.29 is 14.3 Å². The molecular weight excluding hydrogens is 408 g/mol. The zero-order chi connectivity index (χ0) is 22.3. The van der Waals surface area contributed by atoms with Crippen LogP contribution in [-0.2, 0) is 4.79 Å². The number of amides is 1. The lowest BCUT2D eigenvalue weighted by Gasteiger charge is -2.34. The van der Waals surface area contributed by atoms with Gasteiger partial charge in [0.15, 0.2) is 5.78 Å². The molecule has 1 saturated heterocycles. The largest absolute Gasteiger partial charge is 0.494 e. The summed E-state index contributed by atoms with van der Waals surface area (Å²) in [6, 6.07) is 16.8. The molecule has 0 spiro atoms. The number of hydrogen-bond acceptors (Lipinski definition) is 7. The number of ether oxygens (including phenoxy) is 1. The minimum absolute atomic E-state index is 0.00779. The van der Waals surface area contributed by atoms with E-state index in [-0.39, 0.29) is 24.5 Å². The maximum atomic E-state index is 12.6. The van der Waals surface area contributed by atoms with Crippen molar-refractivity contribution in [3.8, 4) is 11.4 Å². The number of carbonyl (C=O) groups is 2. The monoisotopic (exact) mass is 434 g/mol. The van der Waals surface area contributed by atoms with Crippen LogP contribution in [0.25, 0.3) is 5.69 Å². The molecular formula is C23H26N6O3. The molecule has 0 N–H and O–H groups in total. The summed E-state index contributed by atoms with van der Waals surface area (Å²) in [7, 11) is 0. The van der Waals surface area contributed by atoms with E-state index in [4.69, 9.17) is 4.74 Å². The first kappa shape index (κ1) is 21.5. The summed E-state index contributed by atoms with van der Waals surface area (Å²) < 4.78 is 7.10. The van der Waals surface area contributed by atoms with Gasteiger partial charge in [0.25, 0.3) is 0 Å². The van der Waals surface area contributed by atoms with Crippen LogP contribution in [0.3, 0.4) is 0 Å². The van der Waals surface area contributed by atoms with E-state index < -0.39 is 0 Å². The number of carbonyl (C=O) groups excluding carboxylic acids is 2. The van der Waals surface area contributed by atoms with Gasteiger partial charge >= 0.3 is 0 Å². The van der Waals surface area contributed by atoms with Crippen LogP contribution in [0.1, 0.15) is 30.1 Å². The van der Waals surface area contributed by atoms with Crippen LogP contribution in [0.4, 0.5) is 5.95 Å². The highest BCUT2D eigenvalue weighted by Crippen LogP contribution is 2.18. The van der Waals surface area contributed by atoms with Crippen molar-refractivity contribution in [1.82, 2.24) is 25.1 Å². The third-order valence-electron chi connectivity index (χ3n) is 5.42. The molecule has 0 aliphatic carbocycles. The molecule has 166 valence electrons. The Morgan fingerprint density at radius 2 is 1.66 bits per heavy atom. The second-order valence-corrected chi connectivity index (χ2v) is 7.47. The van der Waals surface area contributed by atoms with Gasteiger partial charge in [-0.2, -0.15) is 4.68 Å². The smallest absolute Gasteiger partial charge is 0.250 e. The number of aromatic nitrogens is 4. The first-order valence-electron chi connectivity index (χ1n) is 10.8. The van der Waals surface area contributed by atoms with Crippen LogP contribution >= 0.6 is 0 Å². The average molecular weight is 435 g/mol. The summed E-state index contributed by atoms with van der Waals surface area (Å²) in [6.07, 6.45) is 0.396. The van der Waals surface area contributed by atoms with E-state index in [0.29, 0.717) is 44.3 Å². The van der Waals surface area contributed by atoms with Crippen molar-refractivity contribution in [2.45, 2.75) is 19.8 Å². The van der Waals surface area contributed by atoms with Crippen LogP contribution in [0.2, 0.25) is 0 Å². The molecule has 0 bridgehead atoms. The van der Waals surface area contributed by atoms with Gasteiger partial charge in [-0.3, -0.25) is 9.59 Å². The maximum absolute atomic E-state index is 12.6. The zero-order valence-corrected chi connectivity index (χ0v) is 18.1. The van der Waals surface area contributed by atoms with Gasteiger partial charge in [-0.25, -0.2) is 0 Å². The number of tetrazole rings is 1. The minimum atomic E-state index is -0.0397. The topological polar surface area (TPSA) is 93.5 Å². The Bertz CT molecular complexity index is 1040. The van der Waals surface area contributed by atoms with Gasteiger partial charge in [0.2, 0.25) is 11.9 Å². The summed E-state index contributed by atoms with van der Waals surface area (Å²) in [4.78, 5) is 29.0. The van der Waals surface area contributed by atoms with E-state index in [1.165, 1.54) is 0 Å². The predicted molar refractivity (Wildman–Crippen MR) is 119 cm³/mol. The summed E-state index contributed by atoms with van der Waals surface area (Å²) >= 11 is 0. The summed E-state index contributed by atoms with van der Waals surface area (Å²) in [5.74, 6) is 1.35. The predicted octanol–water partition coefficient (Wildman–Crippen LogP) is 2.37. The molecule has 1 aliphatic rings. The lowest BCUT2D eigenvalue weighted by Crippen LogP contribution is -2.49. The summed E-state index contributed by atoms with van der Waals surface area (Å²) in [5.41, 5.74) is 1.48. The number of benzene rings is 2. The van der Waals surface area contributed by atoms with Gasteiger partial charge in [0, 0.05) is 44.6 Å². The fourth-order valence-corrected chi connectivity index (χ4v) is 3.70. The number of nitrogens with zero attached hydrogens (tertiary/aromatic N) is 6. The molecule has 9 heteroatoms. The van der Waals surface area contributed by atoms with Gasteiger partial charge in [0.1, 0.15) is 5.75 Å². The van der Waals surface area contributed by atoms with Crippen LogP contribution < -0.4 is 9.64 Å². The second-order valence-electron chi connectivity index (χ2n) is 7.47. The molecule has 9 nitrogen and oxygen atoms in total. The molecule has 4 rings (SSSR count). The van der Waals surface area contributed by atoms with E-state index in [1.807, 2.05) is 37.3 Å². The molecule has 0 radical (unpaired) electrons. The highest BCUT2D eigenvalue weighted by Gasteiger charge is 2.25. The van der Waals surface area contributed by atoms with Gasteiger partial charge in [-0.05, 0) is 53.7 Å². The van der Waals surface area contributed by atoms with Gasteiger partial charge in [-0.15, -0.1) is 0 Å². The molecule has 2 aromatic carbocycles. The molecule has 1 aliphatic heterocycles. The summed E-state index contributed by atoms with van der Waals surface area (Å²) in [5, 5.41) is 12.1. The molecule has 3 aromatic rings. The van der Waals surface area contributed by atoms with Crippen LogP contribution in [-0.4, -0.2) is 69.6 Å². The Balaban J connectivity index is 1.28. The van der Waals surface area contributed by atoms with E-state index in [0.717, 1.165) is 11.4 Å². The van der Waals surface area contributed by atoms with Crippen LogP contribution in [0.5, 0.6) is 5.75 Å². The lowest BCUT2D eigenvalue weighted by atomic mass is 10.1. The van der Waals surface area contributed by atoms with Crippen LogP contribution in [0.15, 0.2) is 54.6 Å². The molecule has 1 aromatic heterocycles. The third kappa shape index (κ3) is 4.93. The first-order chi connectivity index (χ1) is 15.7. The first-order valence-corrected chi connectivity index (χ1v) is 10.8.